The van der Waals surface area contributed by atoms with Crippen molar-refractivity contribution in [3.05, 3.63) is 82.4 Å². The molecule has 1 aliphatic rings. The van der Waals surface area contributed by atoms with Gasteiger partial charge in [-0.3, -0.25) is 4.57 Å². The van der Waals surface area contributed by atoms with Crippen LogP contribution >= 0.6 is 11.6 Å². The van der Waals surface area contributed by atoms with E-state index in [1.165, 1.54) is 21.3 Å². The monoisotopic (exact) mass is 464 g/mol. The molecule has 3 heterocycles. The minimum absolute atomic E-state index is 0.0457. The van der Waals surface area contributed by atoms with Crippen LogP contribution in [0.5, 0.6) is 5.75 Å². The van der Waals surface area contributed by atoms with E-state index >= 15 is 0 Å². The van der Waals surface area contributed by atoms with Crippen molar-refractivity contribution in [1.82, 2.24) is 14.1 Å². The normalized spacial score (nSPS) is 13.6. The van der Waals surface area contributed by atoms with Crippen LogP contribution in [0.15, 0.2) is 65.8 Å². The summed E-state index contributed by atoms with van der Waals surface area (Å²) in [6.07, 6.45) is 7.18. The number of nitrogens with zero attached hydrogens (tertiary/aromatic N) is 4. The van der Waals surface area contributed by atoms with Crippen molar-refractivity contribution in [2.45, 2.75) is 12.8 Å². The van der Waals surface area contributed by atoms with E-state index in [-0.39, 0.29) is 11.4 Å². The van der Waals surface area contributed by atoms with Crippen LogP contribution in [0.2, 0.25) is 5.02 Å². The lowest BCUT2D eigenvalue weighted by Crippen LogP contribution is -2.20. The Morgan fingerprint density at radius 1 is 1.00 bits per heavy atom. The van der Waals surface area contributed by atoms with Crippen LogP contribution < -0.4 is 10.6 Å². The third-order valence-electron chi connectivity index (χ3n) is 6.03. The first-order chi connectivity index (χ1) is 15.9. The number of rotatable bonds is 4. The first kappa shape index (κ1) is 21.3. The molecule has 2 aromatic carbocycles. The van der Waals surface area contributed by atoms with Crippen LogP contribution in [0.3, 0.4) is 0 Å². The van der Waals surface area contributed by atoms with Gasteiger partial charge in [-0.2, -0.15) is 0 Å². The van der Waals surface area contributed by atoms with E-state index in [2.05, 4.69) is 9.88 Å². The topological polar surface area (TPSA) is 63.3 Å². The number of aryl methyl sites for hydroxylation is 1. The van der Waals surface area contributed by atoms with Crippen molar-refractivity contribution < 1.29 is 9.50 Å². The van der Waals surface area contributed by atoms with Crippen LogP contribution in [0, 0.1) is 5.82 Å². The van der Waals surface area contributed by atoms with Gasteiger partial charge in [-0.1, -0.05) is 17.7 Å². The zero-order valence-electron chi connectivity index (χ0n) is 18.0. The third-order valence-corrected chi connectivity index (χ3v) is 6.33. The van der Waals surface area contributed by atoms with E-state index < -0.39 is 5.82 Å². The summed E-state index contributed by atoms with van der Waals surface area (Å²) in [5, 5.41) is 11.4. The lowest BCUT2D eigenvalue weighted by atomic mass is 9.97. The number of aromatic hydroxyl groups is 1. The molecule has 168 valence electrons. The summed E-state index contributed by atoms with van der Waals surface area (Å²) in [5.41, 5.74) is 2.20. The van der Waals surface area contributed by atoms with Gasteiger partial charge in [-0.15, -0.1) is 0 Å². The summed E-state index contributed by atoms with van der Waals surface area (Å²) < 4.78 is 17.5. The van der Waals surface area contributed by atoms with Gasteiger partial charge in [-0.05, 0) is 60.4 Å². The van der Waals surface area contributed by atoms with Crippen LogP contribution in [0.4, 0.5) is 10.2 Å². The number of halogens is 2. The molecule has 0 aliphatic carbocycles. The van der Waals surface area contributed by atoms with Gasteiger partial charge in [0, 0.05) is 49.9 Å². The summed E-state index contributed by atoms with van der Waals surface area (Å²) in [5.74, 6) is 0.295. The summed E-state index contributed by atoms with van der Waals surface area (Å²) in [6, 6.07) is 11.2. The second-order valence-electron chi connectivity index (χ2n) is 8.17. The minimum Gasteiger partial charge on any atom is -0.507 e. The lowest BCUT2D eigenvalue weighted by Gasteiger charge is -2.18. The quantitative estimate of drug-likeness (QED) is 0.461. The number of anilines is 1. The number of hydrogen-bond acceptors (Lipinski definition) is 4. The highest BCUT2D eigenvalue weighted by Crippen LogP contribution is 2.41. The molecule has 4 aromatic rings. The molecule has 6 nitrogen and oxygen atoms in total. The SMILES string of the molecule is Cn1ccn(-c2ccc(-c3cc(F)cc(-c4ccnc(N5CCCC5)c4)c3O)cc2Cl)c1=O. The molecule has 0 unspecified atom stereocenters. The summed E-state index contributed by atoms with van der Waals surface area (Å²) >= 11 is 6.48. The molecule has 8 heteroatoms. The molecule has 5 rings (SSSR count). The number of benzene rings is 2. The predicted molar refractivity (Wildman–Crippen MR) is 128 cm³/mol. The fourth-order valence-corrected chi connectivity index (χ4v) is 4.53. The Balaban J connectivity index is 1.57. The first-order valence-corrected chi connectivity index (χ1v) is 11.1. The van der Waals surface area contributed by atoms with E-state index in [1.807, 2.05) is 6.07 Å². The van der Waals surface area contributed by atoms with Gasteiger partial charge in [0.15, 0.2) is 0 Å². The minimum atomic E-state index is -0.475. The van der Waals surface area contributed by atoms with Crippen LogP contribution in [0.25, 0.3) is 27.9 Å². The number of phenolic OH excluding ortho intramolecular Hbond substituents is 1. The molecule has 0 atom stereocenters. The van der Waals surface area contributed by atoms with Crippen molar-refractivity contribution in [3.8, 4) is 33.7 Å². The Bertz CT molecular complexity index is 1410. The molecule has 1 N–H and O–H groups in total. The van der Waals surface area contributed by atoms with E-state index in [1.54, 1.807) is 49.9 Å². The Hall–Kier alpha value is -3.58. The second kappa shape index (κ2) is 8.41. The smallest absolute Gasteiger partial charge is 0.332 e. The standard InChI is InChI=1S/C25H22ClFN4O2/c1-29-10-11-31(25(29)33)22-5-4-16(12-21(22)26)19-14-18(27)15-20(24(19)32)17-6-7-28-23(13-17)30-8-2-3-9-30/h4-7,10-15,32H,2-3,8-9H2,1H3. The fraction of sp³-hybridized carbons (Fsp3) is 0.200. The van der Waals surface area contributed by atoms with Crippen LogP contribution in [-0.2, 0) is 7.05 Å². The molecule has 1 saturated heterocycles. The van der Waals surface area contributed by atoms with E-state index in [0.29, 0.717) is 33.0 Å². The number of pyridine rings is 1. The number of phenols is 1. The van der Waals surface area contributed by atoms with E-state index in [0.717, 1.165) is 31.7 Å². The lowest BCUT2D eigenvalue weighted by molar-refractivity contribution is 0.477. The highest BCUT2D eigenvalue weighted by Gasteiger charge is 2.18. The fourth-order valence-electron chi connectivity index (χ4n) is 4.26. The van der Waals surface area contributed by atoms with Crippen molar-refractivity contribution in [2.75, 3.05) is 18.0 Å². The highest BCUT2D eigenvalue weighted by molar-refractivity contribution is 6.32. The maximum Gasteiger partial charge on any atom is 0.332 e. The maximum atomic E-state index is 14.7. The first-order valence-electron chi connectivity index (χ1n) is 10.7. The Kier molecular flexibility index (Phi) is 5.42. The molecular formula is C25H22ClFN4O2. The molecule has 1 aliphatic heterocycles. The molecule has 0 amide bonds. The molecule has 0 radical (unpaired) electrons. The van der Waals surface area contributed by atoms with Gasteiger partial charge in [-0.25, -0.2) is 14.2 Å². The Morgan fingerprint density at radius 2 is 1.70 bits per heavy atom. The third kappa shape index (κ3) is 3.89. The largest absolute Gasteiger partial charge is 0.507 e. The zero-order valence-corrected chi connectivity index (χ0v) is 18.8. The number of imidazole rings is 1. The predicted octanol–water partition coefficient (Wildman–Crippen LogP) is 5.00. The van der Waals surface area contributed by atoms with Gasteiger partial charge < -0.3 is 14.6 Å². The number of hydrogen-bond donors (Lipinski definition) is 1. The van der Waals surface area contributed by atoms with Crippen molar-refractivity contribution in [1.29, 1.82) is 0 Å². The number of aromatic nitrogens is 3. The van der Waals surface area contributed by atoms with Gasteiger partial charge in [0.2, 0.25) is 0 Å². The van der Waals surface area contributed by atoms with Crippen molar-refractivity contribution in [2.24, 2.45) is 7.05 Å². The summed E-state index contributed by atoms with van der Waals surface area (Å²) in [6.45, 7) is 1.87. The molecule has 0 spiro atoms. The van der Waals surface area contributed by atoms with Crippen molar-refractivity contribution in [3.63, 3.8) is 0 Å². The van der Waals surface area contributed by atoms with E-state index in [9.17, 15) is 14.3 Å². The molecule has 2 aromatic heterocycles. The van der Waals surface area contributed by atoms with E-state index in [4.69, 9.17) is 11.6 Å². The Labute approximate surface area is 195 Å². The maximum absolute atomic E-state index is 14.7. The Morgan fingerprint density at radius 3 is 2.33 bits per heavy atom. The molecule has 33 heavy (non-hydrogen) atoms. The highest BCUT2D eigenvalue weighted by atomic mass is 35.5. The van der Waals surface area contributed by atoms with Crippen LogP contribution in [-0.4, -0.2) is 32.3 Å². The molecule has 0 saturated carbocycles. The molecule has 0 bridgehead atoms. The molecule has 1 fully saturated rings. The second-order valence-corrected chi connectivity index (χ2v) is 8.58. The summed E-state index contributed by atoms with van der Waals surface area (Å²) in [4.78, 5) is 18.9. The zero-order chi connectivity index (χ0) is 23.1. The van der Waals surface area contributed by atoms with Gasteiger partial charge in [0.05, 0.1) is 10.7 Å². The summed E-state index contributed by atoms with van der Waals surface area (Å²) in [7, 11) is 1.65. The average molecular weight is 465 g/mol. The van der Waals surface area contributed by atoms with Crippen molar-refractivity contribution >= 4 is 17.4 Å². The average Bonchev–Trinajstić information content (AvgIpc) is 3.46. The molecular weight excluding hydrogens is 443 g/mol. The van der Waals surface area contributed by atoms with Gasteiger partial charge in [0.1, 0.15) is 17.4 Å². The van der Waals surface area contributed by atoms with Gasteiger partial charge in [0.25, 0.3) is 0 Å². The van der Waals surface area contributed by atoms with Gasteiger partial charge >= 0.3 is 5.69 Å². The van der Waals surface area contributed by atoms with Crippen LogP contribution in [0.1, 0.15) is 12.8 Å².